The molecule has 0 saturated carbocycles. The maximum atomic E-state index is 12.4. The van der Waals surface area contributed by atoms with Crippen molar-refractivity contribution in [3.63, 3.8) is 0 Å². The summed E-state index contributed by atoms with van der Waals surface area (Å²) in [6.45, 7) is 6.63. The van der Waals surface area contributed by atoms with Crippen LogP contribution in [0.4, 0.5) is 0 Å². The monoisotopic (exact) mass is 311 g/mol. The summed E-state index contributed by atoms with van der Waals surface area (Å²) in [5, 5.41) is 3.42. The molecule has 1 N–H and O–H groups in total. The molecule has 1 aromatic carbocycles. The Balaban J connectivity index is 1.92. The Morgan fingerprint density at radius 2 is 2.05 bits per heavy atom. The van der Waals surface area contributed by atoms with Crippen LogP contribution in [0.5, 0.6) is 11.5 Å². The minimum absolute atomic E-state index is 0.398. The molecular formula is C16H25NO3S. The fraction of sp³-hybridized carbons (Fsp3) is 0.625. The summed E-state index contributed by atoms with van der Waals surface area (Å²) in [6, 6.07) is 6.01. The van der Waals surface area contributed by atoms with Crippen molar-refractivity contribution >= 4 is 10.8 Å². The van der Waals surface area contributed by atoms with Gasteiger partial charge in [-0.15, -0.1) is 0 Å². The third-order valence-corrected chi connectivity index (χ3v) is 4.85. The van der Waals surface area contributed by atoms with E-state index in [1.807, 2.05) is 18.2 Å². The van der Waals surface area contributed by atoms with Crippen LogP contribution in [0.2, 0.25) is 0 Å². The molecule has 21 heavy (non-hydrogen) atoms. The van der Waals surface area contributed by atoms with E-state index in [0.717, 1.165) is 42.2 Å². The van der Waals surface area contributed by atoms with Gasteiger partial charge in [0, 0.05) is 29.2 Å². The number of hydrogen-bond donors (Lipinski definition) is 1. The molecular weight excluding hydrogens is 286 g/mol. The van der Waals surface area contributed by atoms with Gasteiger partial charge in [-0.25, -0.2) is 0 Å². The Hall–Kier alpha value is -1.07. The number of fused-ring (bicyclic) bond motifs is 1. The highest BCUT2D eigenvalue weighted by atomic mass is 32.2. The second-order valence-electron chi connectivity index (χ2n) is 5.35. The molecule has 5 heteroatoms. The highest BCUT2D eigenvalue weighted by molar-refractivity contribution is 7.85. The van der Waals surface area contributed by atoms with Crippen molar-refractivity contribution in [3.05, 3.63) is 18.2 Å². The van der Waals surface area contributed by atoms with E-state index in [0.29, 0.717) is 25.0 Å². The zero-order chi connectivity index (χ0) is 15.1. The van der Waals surface area contributed by atoms with Gasteiger partial charge in [0.25, 0.3) is 0 Å². The van der Waals surface area contributed by atoms with E-state index in [2.05, 4.69) is 19.2 Å². The molecule has 0 aromatic heterocycles. The van der Waals surface area contributed by atoms with Gasteiger partial charge in [0.05, 0.1) is 24.0 Å². The Morgan fingerprint density at radius 3 is 2.81 bits per heavy atom. The molecule has 1 aliphatic rings. The van der Waals surface area contributed by atoms with Crippen molar-refractivity contribution in [3.8, 4) is 11.5 Å². The number of hydrogen-bond acceptors (Lipinski definition) is 4. The molecule has 118 valence electrons. The summed E-state index contributed by atoms with van der Waals surface area (Å²) in [6.07, 6.45) is 2.91. The van der Waals surface area contributed by atoms with E-state index in [-0.39, 0.29) is 0 Å². The first-order valence-corrected chi connectivity index (χ1v) is 9.04. The van der Waals surface area contributed by atoms with Crippen molar-refractivity contribution in [1.82, 2.24) is 5.32 Å². The molecule has 0 radical (unpaired) electrons. The van der Waals surface area contributed by atoms with Crippen LogP contribution in [0.15, 0.2) is 23.1 Å². The highest BCUT2D eigenvalue weighted by Gasteiger charge is 2.14. The van der Waals surface area contributed by atoms with Crippen LogP contribution in [0, 0.1) is 0 Å². The van der Waals surface area contributed by atoms with Crippen LogP contribution >= 0.6 is 0 Å². The molecule has 1 aliphatic heterocycles. The van der Waals surface area contributed by atoms with E-state index in [9.17, 15) is 4.21 Å². The number of rotatable bonds is 7. The molecule has 1 heterocycles. The normalized spacial score (nSPS) is 17.0. The summed E-state index contributed by atoms with van der Waals surface area (Å²) >= 11 is 0. The zero-order valence-corrected chi connectivity index (χ0v) is 13.7. The lowest BCUT2D eigenvalue weighted by atomic mass is 10.2. The summed E-state index contributed by atoms with van der Waals surface area (Å²) in [4.78, 5) is 0.821. The maximum absolute atomic E-state index is 12.4. The molecule has 4 nitrogen and oxygen atoms in total. The van der Waals surface area contributed by atoms with E-state index in [4.69, 9.17) is 9.47 Å². The van der Waals surface area contributed by atoms with Gasteiger partial charge in [0.15, 0.2) is 11.5 Å². The predicted octanol–water partition coefficient (Wildman–Crippen LogP) is 2.73. The first-order chi connectivity index (χ1) is 10.2. The topological polar surface area (TPSA) is 47.6 Å². The number of ether oxygens (including phenoxy) is 2. The first kappa shape index (κ1) is 16.3. The van der Waals surface area contributed by atoms with Crippen molar-refractivity contribution in [2.24, 2.45) is 0 Å². The Labute approximate surface area is 129 Å². The molecule has 0 fully saturated rings. The molecule has 2 unspecified atom stereocenters. The Morgan fingerprint density at radius 1 is 1.29 bits per heavy atom. The first-order valence-electron chi connectivity index (χ1n) is 7.72. The molecule has 0 spiro atoms. The standard InChI is InChI=1S/C16H25NO3S/c1-3-8-17-13(2)7-11-21(18)14-5-6-15-16(12-14)20-10-4-9-19-15/h5-6,12-13,17H,3-4,7-11H2,1-2H3. The summed E-state index contributed by atoms with van der Waals surface area (Å²) in [5.41, 5.74) is 0. The second kappa shape index (κ2) is 8.39. The van der Waals surface area contributed by atoms with Crippen molar-refractivity contribution in [2.45, 2.75) is 44.0 Å². The molecule has 0 amide bonds. The highest BCUT2D eigenvalue weighted by Crippen LogP contribution is 2.31. The fourth-order valence-electron chi connectivity index (χ4n) is 2.18. The number of benzene rings is 1. The van der Waals surface area contributed by atoms with Crippen LogP contribution in [0.3, 0.4) is 0 Å². The SMILES string of the molecule is CCCNC(C)CCS(=O)c1ccc2c(c1)OCCCO2. The average molecular weight is 311 g/mol. The average Bonchev–Trinajstić information content (AvgIpc) is 2.74. The molecule has 0 aliphatic carbocycles. The predicted molar refractivity (Wildman–Crippen MR) is 85.7 cm³/mol. The smallest absolute Gasteiger partial charge is 0.162 e. The van der Waals surface area contributed by atoms with Crippen LogP contribution < -0.4 is 14.8 Å². The van der Waals surface area contributed by atoms with Gasteiger partial charge in [0.2, 0.25) is 0 Å². The van der Waals surface area contributed by atoms with Crippen LogP contribution in [-0.4, -0.2) is 35.8 Å². The van der Waals surface area contributed by atoms with E-state index >= 15 is 0 Å². The maximum Gasteiger partial charge on any atom is 0.162 e. The van der Waals surface area contributed by atoms with Crippen LogP contribution in [-0.2, 0) is 10.8 Å². The lowest BCUT2D eigenvalue weighted by molar-refractivity contribution is 0.297. The van der Waals surface area contributed by atoms with E-state index < -0.39 is 10.8 Å². The van der Waals surface area contributed by atoms with Gasteiger partial charge < -0.3 is 14.8 Å². The van der Waals surface area contributed by atoms with Crippen molar-refractivity contribution < 1.29 is 13.7 Å². The molecule has 2 rings (SSSR count). The van der Waals surface area contributed by atoms with Crippen LogP contribution in [0.1, 0.15) is 33.1 Å². The van der Waals surface area contributed by atoms with Gasteiger partial charge in [-0.05, 0) is 38.4 Å². The Kier molecular flexibility index (Phi) is 6.51. The van der Waals surface area contributed by atoms with Gasteiger partial charge in [-0.2, -0.15) is 0 Å². The third-order valence-electron chi connectivity index (χ3n) is 3.46. The molecule has 1 aromatic rings. The van der Waals surface area contributed by atoms with Crippen LogP contribution in [0.25, 0.3) is 0 Å². The van der Waals surface area contributed by atoms with Gasteiger partial charge in [-0.1, -0.05) is 6.92 Å². The minimum Gasteiger partial charge on any atom is -0.490 e. The lowest BCUT2D eigenvalue weighted by Gasteiger charge is -2.13. The summed E-state index contributed by atoms with van der Waals surface area (Å²) in [7, 11) is -0.989. The fourth-order valence-corrected chi connectivity index (χ4v) is 3.44. The quantitative estimate of drug-likeness (QED) is 0.841. The Bertz CT molecular complexity index is 479. The van der Waals surface area contributed by atoms with E-state index in [1.165, 1.54) is 0 Å². The number of nitrogens with one attached hydrogen (secondary N) is 1. The van der Waals surface area contributed by atoms with Gasteiger partial charge in [-0.3, -0.25) is 4.21 Å². The van der Waals surface area contributed by atoms with Crippen molar-refractivity contribution in [2.75, 3.05) is 25.5 Å². The summed E-state index contributed by atoms with van der Waals surface area (Å²) in [5.74, 6) is 2.14. The largest absolute Gasteiger partial charge is 0.490 e. The second-order valence-corrected chi connectivity index (χ2v) is 6.92. The zero-order valence-electron chi connectivity index (χ0n) is 12.9. The van der Waals surface area contributed by atoms with E-state index in [1.54, 1.807) is 0 Å². The summed E-state index contributed by atoms with van der Waals surface area (Å²) < 4.78 is 23.6. The van der Waals surface area contributed by atoms with Gasteiger partial charge >= 0.3 is 0 Å². The minimum atomic E-state index is -0.989. The van der Waals surface area contributed by atoms with Gasteiger partial charge in [0.1, 0.15) is 0 Å². The third kappa shape index (κ3) is 5.00. The lowest BCUT2D eigenvalue weighted by Crippen LogP contribution is -2.28. The van der Waals surface area contributed by atoms with Crippen molar-refractivity contribution in [1.29, 1.82) is 0 Å². The molecule has 0 saturated heterocycles. The molecule has 0 bridgehead atoms. The molecule has 2 atom stereocenters.